The SMILES string of the molecule is CCNC(c1csc(I)c1)c1occc1Br. The van der Waals surface area contributed by atoms with Gasteiger partial charge >= 0.3 is 0 Å². The van der Waals surface area contributed by atoms with Crippen molar-refractivity contribution in [3.63, 3.8) is 0 Å². The molecule has 0 bridgehead atoms. The molecule has 0 fully saturated rings. The van der Waals surface area contributed by atoms with Gasteiger partial charge in [-0.15, -0.1) is 11.3 Å². The van der Waals surface area contributed by atoms with Gasteiger partial charge in [0.15, 0.2) is 0 Å². The van der Waals surface area contributed by atoms with Crippen LogP contribution in [0.1, 0.15) is 24.3 Å². The summed E-state index contributed by atoms with van der Waals surface area (Å²) >= 11 is 7.60. The van der Waals surface area contributed by atoms with E-state index in [1.165, 1.54) is 8.45 Å². The van der Waals surface area contributed by atoms with Crippen molar-refractivity contribution in [2.45, 2.75) is 13.0 Å². The first-order valence-corrected chi connectivity index (χ1v) is 7.67. The Labute approximate surface area is 121 Å². The molecule has 2 rings (SSSR count). The number of rotatable bonds is 4. The zero-order valence-corrected chi connectivity index (χ0v) is 13.2. The van der Waals surface area contributed by atoms with Gasteiger partial charge in [0.05, 0.1) is 19.7 Å². The lowest BCUT2D eigenvalue weighted by molar-refractivity contribution is 0.450. The maximum Gasteiger partial charge on any atom is 0.139 e. The Morgan fingerprint density at radius 3 is 2.94 bits per heavy atom. The monoisotopic (exact) mass is 411 g/mol. The van der Waals surface area contributed by atoms with Crippen molar-refractivity contribution < 1.29 is 4.42 Å². The number of halogens is 2. The van der Waals surface area contributed by atoms with Crippen molar-refractivity contribution >= 4 is 49.9 Å². The summed E-state index contributed by atoms with van der Waals surface area (Å²) in [5.74, 6) is 0.941. The van der Waals surface area contributed by atoms with Crippen LogP contribution in [-0.4, -0.2) is 6.54 Å². The number of nitrogens with one attached hydrogen (secondary N) is 1. The second kappa shape index (κ2) is 5.66. The summed E-state index contributed by atoms with van der Waals surface area (Å²) in [4.78, 5) is 0. The molecular weight excluding hydrogens is 401 g/mol. The minimum absolute atomic E-state index is 0.133. The van der Waals surface area contributed by atoms with Crippen LogP contribution >= 0.6 is 49.9 Å². The number of hydrogen-bond acceptors (Lipinski definition) is 3. The van der Waals surface area contributed by atoms with E-state index in [0.29, 0.717) is 0 Å². The third kappa shape index (κ3) is 2.69. The molecule has 0 saturated heterocycles. The van der Waals surface area contributed by atoms with Gasteiger partial charge < -0.3 is 9.73 Å². The number of hydrogen-bond donors (Lipinski definition) is 1. The van der Waals surface area contributed by atoms with Gasteiger partial charge in [0.2, 0.25) is 0 Å². The molecule has 2 heterocycles. The smallest absolute Gasteiger partial charge is 0.139 e. The maximum absolute atomic E-state index is 5.54. The molecule has 0 aromatic carbocycles. The first-order valence-electron chi connectivity index (χ1n) is 4.92. The average molecular weight is 412 g/mol. The largest absolute Gasteiger partial charge is 0.466 e. The van der Waals surface area contributed by atoms with Crippen LogP contribution in [0.5, 0.6) is 0 Å². The highest BCUT2D eigenvalue weighted by atomic mass is 127. The van der Waals surface area contributed by atoms with Crippen LogP contribution in [0, 0.1) is 2.88 Å². The minimum atomic E-state index is 0.133. The van der Waals surface area contributed by atoms with Crippen LogP contribution in [0.25, 0.3) is 0 Å². The number of thiophene rings is 1. The Morgan fingerprint density at radius 2 is 2.44 bits per heavy atom. The van der Waals surface area contributed by atoms with Crippen molar-refractivity contribution in [1.29, 1.82) is 0 Å². The van der Waals surface area contributed by atoms with Gasteiger partial charge in [0.25, 0.3) is 0 Å². The van der Waals surface area contributed by atoms with Gasteiger partial charge in [-0.05, 0) is 68.1 Å². The highest BCUT2D eigenvalue weighted by molar-refractivity contribution is 14.1. The summed E-state index contributed by atoms with van der Waals surface area (Å²) in [6.45, 7) is 3.01. The molecule has 0 saturated carbocycles. The molecule has 0 aliphatic rings. The highest BCUT2D eigenvalue weighted by Crippen LogP contribution is 2.32. The first kappa shape index (κ1) is 12.6. The molecular formula is C11H11BrINOS. The molecule has 5 heteroatoms. The third-order valence-corrected chi connectivity index (χ3v) is 4.70. The van der Waals surface area contributed by atoms with Crippen LogP contribution < -0.4 is 5.32 Å². The third-order valence-electron chi connectivity index (χ3n) is 2.24. The molecule has 2 aromatic heterocycles. The van der Waals surface area contributed by atoms with E-state index in [1.807, 2.05) is 6.07 Å². The number of furan rings is 1. The van der Waals surface area contributed by atoms with Gasteiger partial charge in [-0.3, -0.25) is 0 Å². The van der Waals surface area contributed by atoms with Gasteiger partial charge in [-0.25, -0.2) is 0 Å². The van der Waals surface area contributed by atoms with Crippen molar-refractivity contribution in [2.24, 2.45) is 0 Å². The Hall–Kier alpha value is 0.150. The van der Waals surface area contributed by atoms with Crippen LogP contribution in [0.2, 0.25) is 0 Å². The zero-order chi connectivity index (χ0) is 11.5. The molecule has 0 amide bonds. The van der Waals surface area contributed by atoms with Crippen LogP contribution in [0.4, 0.5) is 0 Å². The van der Waals surface area contributed by atoms with Gasteiger partial charge in [0, 0.05) is 0 Å². The predicted molar refractivity (Wildman–Crippen MR) is 79.0 cm³/mol. The van der Waals surface area contributed by atoms with Crippen molar-refractivity contribution in [1.82, 2.24) is 5.32 Å². The fourth-order valence-corrected chi connectivity index (χ4v) is 3.38. The molecule has 2 nitrogen and oxygen atoms in total. The Morgan fingerprint density at radius 1 is 1.62 bits per heavy atom. The summed E-state index contributed by atoms with van der Waals surface area (Å²) in [5.41, 5.74) is 1.26. The predicted octanol–water partition coefficient (Wildman–Crippen LogP) is 4.41. The average Bonchev–Trinajstić information content (AvgIpc) is 2.84. The Kier molecular flexibility index (Phi) is 4.46. The van der Waals surface area contributed by atoms with Crippen molar-refractivity contribution in [3.05, 3.63) is 42.5 Å². The summed E-state index contributed by atoms with van der Waals surface area (Å²) in [5, 5.41) is 5.61. The fourth-order valence-electron chi connectivity index (χ4n) is 1.55. The van der Waals surface area contributed by atoms with Gasteiger partial charge in [-0.1, -0.05) is 6.92 Å². The van der Waals surface area contributed by atoms with E-state index in [0.717, 1.165) is 16.8 Å². The van der Waals surface area contributed by atoms with E-state index in [1.54, 1.807) is 17.6 Å². The van der Waals surface area contributed by atoms with Crippen LogP contribution in [0.15, 0.2) is 32.7 Å². The Balaban J connectivity index is 2.34. The van der Waals surface area contributed by atoms with Gasteiger partial charge in [-0.2, -0.15) is 0 Å². The quantitative estimate of drug-likeness (QED) is 0.754. The fraction of sp³-hybridized carbons (Fsp3) is 0.273. The summed E-state index contributed by atoms with van der Waals surface area (Å²) in [7, 11) is 0. The molecule has 0 aliphatic heterocycles. The zero-order valence-electron chi connectivity index (χ0n) is 8.67. The molecule has 86 valence electrons. The minimum Gasteiger partial charge on any atom is -0.466 e. The molecule has 0 radical (unpaired) electrons. The summed E-state index contributed by atoms with van der Waals surface area (Å²) in [6.07, 6.45) is 1.71. The van der Waals surface area contributed by atoms with E-state index >= 15 is 0 Å². The molecule has 1 atom stereocenters. The molecule has 2 aromatic rings. The van der Waals surface area contributed by atoms with Crippen LogP contribution in [0.3, 0.4) is 0 Å². The van der Waals surface area contributed by atoms with Gasteiger partial charge in [0.1, 0.15) is 5.76 Å². The second-order valence-corrected chi connectivity index (χ2v) is 6.97. The normalized spacial score (nSPS) is 12.9. The van der Waals surface area contributed by atoms with E-state index in [2.05, 4.69) is 62.2 Å². The topological polar surface area (TPSA) is 25.2 Å². The summed E-state index contributed by atoms with van der Waals surface area (Å²) < 4.78 is 7.84. The first-order chi connectivity index (χ1) is 7.72. The highest BCUT2D eigenvalue weighted by Gasteiger charge is 2.19. The lowest BCUT2D eigenvalue weighted by Crippen LogP contribution is -2.21. The van der Waals surface area contributed by atoms with E-state index < -0.39 is 0 Å². The van der Waals surface area contributed by atoms with E-state index in [9.17, 15) is 0 Å². The lowest BCUT2D eigenvalue weighted by atomic mass is 10.1. The molecule has 1 unspecified atom stereocenters. The lowest BCUT2D eigenvalue weighted by Gasteiger charge is -2.14. The van der Waals surface area contributed by atoms with Crippen molar-refractivity contribution in [3.8, 4) is 0 Å². The van der Waals surface area contributed by atoms with Crippen molar-refractivity contribution in [2.75, 3.05) is 6.54 Å². The molecule has 1 N–H and O–H groups in total. The second-order valence-electron chi connectivity index (χ2n) is 3.31. The van der Waals surface area contributed by atoms with E-state index in [4.69, 9.17) is 4.42 Å². The molecule has 0 spiro atoms. The molecule has 16 heavy (non-hydrogen) atoms. The molecule has 0 aliphatic carbocycles. The van der Waals surface area contributed by atoms with E-state index in [-0.39, 0.29) is 6.04 Å². The van der Waals surface area contributed by atoms with Crippen LogP contribution in [-0.2, 0) is 0 Å². The maximum atomic E-state index is 5.54. The standard InChI is InChI=1S/C11H11BrINOS/c1-2-14-10(7-5-9(13)16-6-7)11-8(12)3-4-15-11/h3-6,10,14H,2H2,1H3. The Bertz CT molecular complexity index is 468. The summed E-state index contributed by atoms with van der Waals surface area (Å²) in [6, 6.07) is 4.25.